The molecule has 12 heteroatoms. The van der Waals surface area contributed by atoms with Crippen LogP contribution in [0, 0.1) is 0 Å². The lowest BCUT2D eigenvalue weighted by atomic mass is 10.2. The maximum absolute atomic E-state index is 12.5. The van der Waals surface area contributed by atoms with Gasteiger partial charge in [0.1, 0.15) is 5.01 Å². The van der Waals surface area contributed by atoms with Crippen molar-refractivity contribution in [3.63, 3.8) is 0 Å². The minimum Gasteiger partial charge on any atom is -0.302 e. The van der Waals surface area contributed by atoms with Gasteiger partial charge in [-0.1, -0.05) is 35.2 Å². The van der Waals surface area contributed by atoms with E-state index in [-0.39, 0.29) is 11.7 Å². The van der Waals surface area contributed by atoms with Crippen LogP contribution in [-0.2, 0) is 20.9 Å². The number of anilines is 1. The van der Waals surface area contributed by atoms with E-state index in [1.807, 2.05) is 35.8 Å². The fourth-order valence-electron chi connectivity index (χ4n) is 2.96. The van der Waals surface area contributed by atoms with Crippen LogP contribution in [0.4, 0.5) is 5.13 Å². The highest BCUT2D eigenvalue weighted by Gasteiger charge is 2.16. The zero-order valence-electron chi connectivity index (χ0n) is 18.0. The molecule has 1 aromatic carbocycles. The van der Waals surface area contributed by atoms with Crippen LogP contribution in [0.1, 0.15) is 6.92 Å². The van der Waals surface area contributed by atoms with E-state index in [0.717, 1.165) is 17.0 Å². The lowest BCUT2D eigenvalue weighted by molar-refractivity contribution is -0.113. The average molecular weight is 500 g/mol. The molecule has 1 unspecified atom stereocenters. The summed E-state index contributed by atoms with van der Waals surface area (Å²) in [4.78, 5) is 17.2. The van der Waals surface area contributed by atoms with Gasteiger partial charge in [-0.05, 0) is 46.6 Å². The van der Waals surface area contributed by atoms with E-state index >= 15 is 0 Å². The molecule has 0 fully saturated rings. The topological polar surface area (TPSA) is 116 Å². The Labute approximate surface area is 199 Å². The third-order valence-electron chi connectivity index (χ3n) is 4.58. The number of nitrogens with zero attached hydrogens (tertiary/aromatic N) is 6. The second-order valence-corrected chi connectivity index (χ2v) is 11.5. The zero-order chi connectivity index (χ0) is 23.4. The molecule has 3 aromatic heterocycles. The van der Waals surface area contributed by atoms with Crippen molar-refractivity contribution in [2.24, 2.45) is 0 Å². The maximum atomic E-state index is 12.5. The van der Waals surface area contributed by atoms with Crippen molar-refractivity contribution < 1.29 is 9.00 Å². The third kappa shape index (κ3) is 5.46. The quantitative estimate of drug-likeness (QED) is 0.290. The van der Waals surface area contributed by atoms with Gasteiger partial charge in [-0.25, -0.2) is 0 Å². The number of carbonyl (C=O) groups is 1. The van der Waals surface area contributed by atoms with E-state index in [1.54, 1.807) is 30.8 Å². The second-order valence-electron chi connectivity index (χ2n) is 7.06. The highest BCUT2D eigenvalue weighted by atomic mass is 32.2. The van der Waals surface area contributed by atoms with E-state index in [4.69, 9.17) is 0 Å². The summed E-state index contributed by atoms with van der Waals surface area (Å²) in [6, 6.07) is 10.9. The van der Waals surface area contributed by atoms with E-state index in [2.05, 4.69) is 36.6 Å². The Hall–Kier alpha value is -3.09. The zero-order valence-corrected chi connectivity index (χ0v) is 20.4. The van der Waals surface area contributed by atoms with Crippen molar-refractivity contribution in [1.29, 1.82) is 0 Å². The van der Waals surface area contributed by atoms with Crippen molar-refractivity contribution in [2.75, 3.05) is 17.3 Å². The van der Waals surface area contributed by atoms with Gasteiger partial charge in [-0.15, -0.1) is 20.4 Å². The number of hydrogen-bond acceptors (Lipinski definition) is 9. The summed E-state index contributed by atoms with van der Waals surface area (Å²) in [7, 11) is -2.27. The minimum atomic E-state index is -2.27. The molecule has 4 aromatic rings. The van der Waals surface area contributed by atoms with Crippen LogP contribution in [0.25, 0.3) is 22.0 Å². The molecule has 1 amide bonds. The van der Waals surface area contributed by atoms with Crippen LogP contribution in [-0.4, -0.2) is 57.9 Å². The maximum Gasteiger partial charge on any atom is 0.236 e. The van der Waals surface area contributed by atoms with Gasteiger partial charge in [0.2, 0.25) is 11.0 Å². The number of benzene rings is 1. The molecule has 0 saturated carbocycles. The Bertz CT molecular complexity index is 1360. The van der Waals surface area contributed by atoms with Gasteiger partial charge in [-0.3, -0.25) is 19.3 Å². The van der Waals surface area contributed by atoms with Gasteiger partial charge in [0.15, 0.2) is 11.0 Å². The molecule has 0 bridgehead atoms. The molecule has 0 aliphatic carbocycles. The molecule has 1 N–H and O–H groups in total. The van der Waals surface area contributed by atoms with Gasteiger partial charge >= 0.3 is 0 Å². The first kappa shape index (κ1) is 23.1. The Balaban J connectivity index is 1.39. The number of amides is 1. The Morgan fingerprint density at radius 1 is 1.09 bits per heavy atom. The predicted molar refractivity (Wildman–Crippen MR) is 133 cm³/mol. The molecule has 4 rings (SSSR count). The van der Waals surface area contributed by atoms with Gasteiger partial charge in [0.05, 0.1) is 5.75 Å². The fraction of sp³-hybridized carbons (Fsp3) is 0.190. The summed E-state index contributed by atoms with van der Waals surface area (Å²) in [5.41, 5.74) is 1.75. The standard InChI is InChI=1S/C21H21N7O2S3/c1-4-28-18(14-9-11-22-12-10-14)24-27-21(28)31-13-17(29)23-20-26-25-19(32-20)15-5-7-16(8-6-15)33(2,3)30/h5-12H,2,4,13H2,1,3H3,(H,23,26,29). The first-order valence-corrected chi connectivity index (χ1v) is 13.8. The number of aromatic nitrogens is 6. The van der Waals surface area contributed by atoms with Crippen LogP contribution in [0.15, 0.2) is 58.8 Å². The predicted octanol–water partition coefficient (Wildman–Crippen LogP) is 3.31. The van der Waals surface area contributed by atoms with Crippen molar-refractivity contribution in [1.82, 2.24) is 29.9 Å². The van der Waals surface area contributed by atoms with E-state index < -0.39 is 9.52 Å². The fourth-order valence-corrected chi connectivity index (χ4v) is 5.24. The van der Waals surface area contributed by atoms with Crippen LogP contribution in [0.3, 0.4) is 0 Å². The van der Waals surface area contributed by atoms with Crippen LogP contribution in [0.5, 0.6) is 0 Å². The summed E-state index contributed by atoms with van der Waals surface area (Å²) in [6.45, 7) is 2.68. The van der Waals surface area contributed by atoms with Gasteiger partial charge < -0.3 is 4.57 Å². The van der Waals surface area contributed by atoms with Gasteiger partial charge in [-0.2, -0.15) is 0 Å². The second kappa shape index (κ2) is 9.81. The smallest absolute Gasteiger partial charge is 0.236 e. The number of hydrogen-bond donors (Lipinski definition) is 1. The molecule has 33 heavy (non-hydrogen) atoms. The van der Waals surface area contributed by atoms with Gasteiger partial charge in [0.25, 0.3) is 0 Å². The summed E-state index contributed by atoms with van der Waals surface area (Å²) in [5.74, 6) is 4.37. The van der Waals surface area contributed by atoms with Crippen molar-refractivity contribution in [3.05, 3.63) is 48.8 Å². The summed E-state index contributed by atoms with van der Waals surface area (Å²) >= 11 is 2.58. The molecule has 3 heterocycles. The number of thioether (sulfide) groups is 1. The summed E-state index contributed by atoms with van der Waals surface area (Å²) in [6.07, 6.45) is 5.01. The van der Waals surface area contributed by atoms with Crippen LogP contribution in [0.2, 0.25) is 0 Å². The van der Waals surface area contributed by atoms with E-state index in [9.17, 15) is 9.00 Å². The number of rotatable bonds is 8. The molecular weight excluding hydrogens is 478 g/mol. The number of carbonyl (C=O) groups excluding carboxylic acids is 1. The largest absolute Gasteiger partial charge is 0.302 e. The number of nitrogens with one attached hydrogen (secondary N) is 1. The summed E-state index contributed by atoms with van der Waals surface area (Å²) in [5, 5.41) is 21.2. The van der Waals surface area contributed by atoms with Crippen molar-refractivity contribution >= 4 is 49.5 Å². The average Bonchev–Trinajstić information content (AvgIpc) is 3.44. The molecule has 9 nitrogen and oxygen atoms in total. The normalized spacial score (nSPS) is 12.9. The minimum absolute atomic E-state index is 0.159. The molecule has 1 atom stereocenters. The molecule has 0 aliphatic rings. The lowest BCUT2D eigenvalue weighted by Gasteiger charge is -2.07. The molecule has 0 spiro atoms. The Morgan fingerprint density at radius 2 is 1.82 bits per heavy atom. The Kier molecular flexibility index (Phi) is 6.86. The van der Waals surface area contributed by atoms with Gasteiger partial charge in [0, 0.05) is 41.2 Å². The molecule has 0 saturated heterocycles. The third-order valence-corrected chi connectivity index (χ3v) is 7.70. The first-order chi connectivity index (χ1) is 15.8. The van der Waals surface area contributed by atoms with E-state index in [0.29, 0.717) is 26.7 Å². The summed E-state index contributed by atoms with van der Waals surface area (Å²) < 4.78 is 14.0. The molecular formula is C21H21N7O2S3. The highest BCUT2D eigenvalue weighted by molar-refractivity contribution is 8.00. The van der Waals surface area contributed by atoms with Crippen molar-refractivity contribution in [2.45, 2.75) is 23.5 Å². The molecule has 0 radical (unpaired) electrons. The van der Waals surface area contributed by atoms with Crippen LogP contribution >= 0.6 is 23.1 Å². The SMILES string of the molecule is C=S(C)(=O)c1ccc(-c2nnc(NC(=O)CSc3nnc(-c4ccncc4)n3CC)s2)cc1. The number of pyridine rings is 1. The highest BCUT2D eigenvalue weighted by Crippen LogP contribution is 2.28. The Morgan fingerprint density at radius 3 is 2.48 bits per heavy atom. The van der Waals surface area contributed by atoms with E-state index in [1.165, 1.54) is 23.1 Å². The molecule has 170 valence electrons. The van der Waals surface area contributed by atoms with Crippen molar-refractivity contribution in [3.8, 4) is 22.0 Å². The first-order valence-electron chi connectivity index (χ1n) is 9.87. The lowest BCUT2D eigenvalue weighted by Crippen LogP contribution is -2.14. The molecule has 0 aliphatic heterocycles. The van der Waals surface area contributed by atoms with Crippen LogP contribution < -0.4 is 5.32 Å². The monoisotopic (exact) mass is 499 g/mol.